The van der Waals surface area contributed by atoms with Crippen LogP contribution in [-0.2, 0) is 27.2 Å². The van der Waals surface area contributed by atoms with Crippen molar-refractivity contribution in [3.05, 3.63) is 93.1 Å². The van der Waals surface area contributed by atoms with Gasteiger partial charge in [-0.25, -0.2) is 0 Å². The van der Waals surface area contributed by atoms with E-state index in [-0.39, 0.29) is 46.9 Å². The Morgan fingerprint density at radius 3 is 2.29 bits per heavy atom. The summed E-state index contributed by atoms with van der Waals surface area (Å²) in [6.07, 6.45) is 14.4. The number of carbonyl (C=O) groups is 3. The number of hydrogen-bond donors (Lipinski definition) is 2. The van der Waals surface area contributed by atoms with Crippen LogP contribution in [0.4, 0.5) is 0 Å². The molecule has 58 heavy (non-hydrogen) atoms. The van der Waals surface area contributed by atoms with Crippen LogP contribution in [0.5, 0.6) is 28.7 Å². The molecule has 3 aliphatic carbocycles. The maximum atomic E-state index is 15.0. The largest absolute Gasteiger partial charge is 0.506 e. The van der Waals surface area contributed by atoms with Crippen LogP contribution in [0, 0.1) is 11.8 Å². The highest BCUT2D eigenvalue weighted by atomic mass is 16.6. The SMILES string of the molecule is COc1cc(CCNC(=O)/C(C)=C\CC23OC(C)(C)C4CC(C=C5C(=O)c6c(O)c7c(c(CC=C(C)C)c6OC542)OC(C)(CCC=C(C)C)C=C7)C3=O)cc(OC)c1. The highest BCUT2D eigenvalue weighted by Crippen LogP contribution is 2.68. The first-order valence-electron chi connectivity index (χ1n) is 20.3. The van der Waals surface area contributed by atoms with Gasteiger partial charge < -0.3 is 34.1 Å². The van der Waals surface area contributed by atoms with E-state index in [1.165, 1.54) is 5.57 Å². The van der Waals surface area contributed by atoms with Gasteiger partial charge >= 0.3 is 0 Å². The molecule has 1 saturated heterocycles. The minimum atomic E-state index is -1.61. The van der Waals surface area contributed by atoms with Crippen molar-refractivity contribution in [3.63, 3.8) is 0 Å². The van der Waals surface area contributed by atoms with E-state index in [9.17, 15) is 14.7 Å². The molecular weight excluding hydrogens is 735 g/mol. The Morgan fingerprint density at radius 1 is 0.948 bits per heavy atom. The zero-order valence-corrected chi connectivity index (χ0v) is 35.5. The van der Waals surface area contributed by atoms with Crippen LogP contribution in [0.15, 0.2) is 70.9 Å². The molecule has 5 atom stereocenters. The van der Waals surface area contributed by atoms with Crippen LogP contribution in [0.3, 0.4) is 0 Å². The monoisotopic (exact) mass is 791 g/mol. The second kappa shape index (κ2) is 14.9. The van der Waals surface area contributed by atoms with E-state index < -0.39 is 28.3 Å². The van der Waals surface area contributed by atoms with Crippen LogP contribution in [0.25, 0.3) is 6.08 Å². The predicted molar refractivity (Wildman–Crippen MR) is 223 cm³/mol. The van der Waals surface area contributed by atoms with Crippen LogP contribution < -0.4 is 24.3 Å². The van der Waals surface area contributed by atoms with Gasteiger partial charge in [0.25, 0.3) is 0 Å². The molecule has 1 spiro atoms. The molecule has 10 heteroatoms. The summed E-state index contributed by atoms with van der Waals surface area (Å²) in [5.41, 5.74) is 0.415. The van der Waals surface area contributed by atoms with E-state index >= 15 is 4.79 Å². The molecule has 2 fully saturated rings. The standard InChI is InChI=1S/C48H57NO9/c1-27(2)12-11-18-46(8)19-16-34-39(50)38-40(51)36-24-31-25-37-45(6,7)58-47(43(31)52,48(36,37)57-42(38)35(41(34)56-46)14-13-28(3)4)20-15-29(5)44(53)49-21-17-30-22-32(54-9)26-33(23-30)55-10/h12-13,15-16,19,22-24,26,31,37,50H,11,14,17-18,20-21,25H2,1-10H3,(H,49,53)/b29-15-. The normalized spacial score (nSPS) is 27.0. The van der Waals surface area contributed by atoms with Crippen molar-refractivity contribution in [2.45, 2.75) is 116 Å². The maximum Gasteiger partial charge on any atom is 0.246 e. The van der Waals surface area contributed by atoms with Gasteiger partial charge in [-0.3, -0.25) is 14.4 Å². The summed E-state index contributed by atoms with van der Waals surface area (Å²) in [5.74, 6) is -0.0155. The quantitative estimate of drug-likeness (QED) is 0.152. The highest BCUT2D eigenvalue weighted by molar-refractivity contribution is 6.19. The summed E-state index contributed by atoms with van der Waals surface area (Å²) in [6.45, 7) is 16.1. The predicted octanol–water partition coefficient (Wildman–Crippen LogP) is 8.53. The van der Waals surface area contributed by atoms with Crippen molar-refractivity contribution < 1.29 is 43.2 Å². The summed E-state index contributed by atoms with van der Waals surface area (Å²) >= 11 is 0. The zero-order chi connectivity index (χ0) is 41.9. The van der Waals surface area contributed by atoms with Gasteiger partial charge in [0, 0.05) is 47.6 Å². The smallest absolute Gasteiger partial charge is 0.246 e. The average molecular weight is 792 g/mol. The number of ketones is 2. The molecule has 10 nitrogen and oxygen atoms in total. The van der Waals surface area contributed by atoms with Crippen LogP contribution >= 0.6 is 0 Å². The van der Waals surface area contributed by atoms with Crippen molar-refractivity contribution in [1.29, 1.82) is 0 Å². The lowest BCUT2D eigenvalue weighted by Crippen LogP contribution is -2.72. The first kappa shape index (κ1) is 41.1. The number of fused-ring (bicyclic) bond motifs is 2. The molecule has 0 radical (unpaired) electrons. The minimum Gasteiger partial charge on any atom is -0.506 e. The topological polar surface area (TPSA) is 130 Å². The number of hydrogen-bond acceptors (Lipinski definition) is 9. The molecule has 3 heterocycles. The lowest BCUT2D eigenvalue weighted by Gasteiger charge is -2.56. The summed E-state index contributed by atoms with van der Waals surface area (Å²) in [4.78, 5) is 43.3. The molecule has 5 unspecified atom stereocenters. The Kier molecular flexibility index (Phi) is 10.6. The molecule has 1 saturated carbocycles. The van der Waals surface area contributed by atoms with E-state index in [2.05, 4.69) is 31.3 Å². The summed E-state index contributed by atoms with van der Waals surface area (Å²) in [6, 6.07) is 5.60. The molecular formula is C48H57NO9. The third-order valence-corrected chi connectivity index (χ3v) is 12.6. The molecule has 3 aliphatic heterocycles. The molecule has 2 aromatic carbocycles. The lowest BCUT2D eigenvalue weighted by molar-refractivity contribution is -0.171. The number of benzene rings is 2. The molecule has 2 aromatic rings. The van der Waals surface area contributed by atoms with Gasteiger partial charge in [-0.1, -0.05) is 35.5 Å². The number of aromatic hydroxyl groups is 1. The Hall–Kier alpha value is -5.09. The van der Waals surface area contributed by atoms with E-state index in [1.54, 1.807) is 39.4 Å². The molecule has 4 bridgehead atoms. The summed E-state index contributed by atoms with van der Waals surface area (Å²) in [5, 5.41) is 15.0. The van der Waals surface area contributed by atoms with Gasteiger partial charge in [0.15, 0.2) is 22.8 Å². The van der Waals surface area contributed by atoms with Gasteiger partial charge in [-0.15, -0.1) is 0 Å². The van der Waals surface area contributed by atoms with Gasteiger partial charge in [0.1, 0.15) is 39.9 Å². The van der Waals surface area contributed by atoms with Crippen molar-refractivity contribution in [1.82, 2.24) is 5.32 Å². The van der Waals surface area contributed by atoms with Gasteiger partial charge in [0.05, 0.1) is 25.4 Å². The number of phenolic OH excluding ortho intramolecular Hbond substituents is 1. The third-order valence-electron chi connectivity index (χ3n) is 12.6. The average Bonchev–Trinajstić information content (AvgIpc) is 3.32. The van der Waals surface area contributed by atoms with E-state index in [1.807, 2.05) is 58.9 Å². The van der Waals surface area contributed by atoms with Gasteiger partial charge in [-0.05, 0) is 117 Å². The van der Waals surface area contributed by atoms with Crippen molar-refractivity contribution in [2.75, 3.05) is 20.8 Å². The van der Waals surface area contributed by atoms with Crippen molar-refractivity contribution in [2.24, 2.45) is 11.8 Å². The summed E-state index contributed by atoms with van der Waals surface area (Å²) < 4.78 is 31.9. The number of allylic oxidation sites excluding steroid dienone is 5. The van der Waals surface area contributed by atoms with E-state index in [0.717, 1.165) is 17.6 Å². The second-order valence-corrected chi connectivity index (χ2v) is 17.7. The van der Waals surface area contributed by atoms with Crippen molar-refractivity contribution in [3.8, 4) is 28.7 Å². The Balaban J connectivity index is 1.27. The Bertz CT molecular complexity index is 2210. The molecule has 1 amide bonds. The second-order valence-electron chi connectivity index (χ2n) is 17.7. The summed E-state index contributed by atoms with van der Waals surface area (Å²) in [7, 11) is 3.19. The minimum absolute atomic E-state index is 0.0104. The zero-order valence-electron chi connectivity index (χ0n) is 35.5. The fourth-order valence-corrected chi connectivity index (χ4v) is 9.65. The number of ether oxygens (including phenoxy) is 5. The Labute approximate surface area is 342 Å². The number of Topliss-reactive ketones (excluding diaryl/α,β-unsaturated/α-hetero) is 2. The Morgan fingerprint density at radius 2 is 1.64 bits per heavy atom. The van der Waals surface area contributed by atoms with Crippen LogP contribution in [0.1, 0.15) is 108 Å². The van der Waals surface area contributed by atoms with Crippen LogP contribution in [0.2, 0.25) is 0 Å². The molecule has 6 aliphatic rings. The van der Waals surface area contributed by atoms with E-state index in [4.69, 9.17) is 23.7 Å². The maximum absolute atomic E-state index is 15.0. The molecule has 2 N–H and O–H groups in total. The van der Waals surface area contributed by atoms with Crippen LogP contribution in [-0.4, -0.2) is 65.7 Å². The molecule has 308 valence electrons. The van der Waals surface area contributed by atoms with Gasteiger partial charge in [-0.2, -0.15) is 0 Å². The first-order chi connectivity index (χ1) is 27.4. The number of methoxy groups -OCH3 is 2. The third kappa shape index (κ3) is 6.67. The number of carbonyl (C=O) groups excluding carboxylic acids is 3. The van der Waals surface area contributed by atoms with Crippen molar-refractivity contribution >= 4 is 23.5 Å². The number of phenols is 1. The number of nitrogens with one attached hydrogen (secondary N) is 1. The fraction of sp³-hybridized carbons (Fsp3) is 0.479. The molecule has 0 aromatic heterocycles. The number of rotatable bonds is 13. The van der Waals surface area contributed by atoms with Gasteiger partial charge in [0.2, 0.25) is 5.91 Å². The fourth-order valence-electron chi connectivity index (χ4n) is 9.65. The number of amides is 1. The highest BCUT2D eigenvalue weighted by Gasteiger charge is 2.81. The lowest BCUT2D eigenvalue weighted by atomic mass is 9.51. The first-order valence-corrected chi connectivity index (χ1v) is 20.3. The molecule has 8 rings (SSSR count). The van der Waals surface area contributed by atoms with E-state index in [0.29, 0.717) is 71.7 Å².